The summed E-state index contributed by atoms with van der Waals surface area (Å²) in [6.45, 7) is 4.10. The van der Waals surface area contributed by atoms with Gasteiger partial charge in [-0.1, -0.05) is 20.3 Å². The van der Waals surface area contributed by atoms with Crippen molar-refractivity contribution in [3.63, 3.8) is 0 Å². The summed E-state index contributed by atoms with van der Waals surface area (Å²) in [5.41, 5.74) is 0.0169. The van der Waals surface area contributed by atoms with E-state index in [0.29, 0.717) is 0 Å². The maximum absolute atomic E-state index is 10.9. The third-order valence-corrected chi connectivity index (χ3v) is 3.03. The van der Waals surface area contributed by atoms with Crippen LogP contribution in [0, 0.1) is 5.41 Å². The van der Waals surface area contributed by atoms with Crippen molar-refractivity contribution in [1.29, 1.82) is 0 Å². The van der Waals surface area contributed by atoms with Crippen molar-refractivity contribution in [2.24, 2.45) is 5.41 Å². The Morgan fingerprint density at radius 3 is 2.33 bits per heavy atom. The van der Waals surface area contributed by atoms with Crippen molar-refractivity contribution in [2.45, 2.75) is 39.2 Å². The Balaban J connectivity index is 2.65. The number of rotatable bonds is 2. The molecule has 3 nitrogen and oxygen atoms in total. The fraction of sp³-hybridized carbons (Fsp3) is 1.00. The Morgan fingerprint density at radius 2 is 2.00 bits per heavy atom. The molecule has 0 amide bonds. The monoisotopic (exact) mass is 192 g/mol. The highest BCUT2D eigenvalue weighted by atomic mass is 32.2. The molecule has 1 fully saturated rings. The average molecular weight is 192 g/mol. The van der Waals surface area contributed by atoms with Gasteiger partial charge >= 0.3 is 0 Å². The van der Waals surface area contributed by atoms with Gasteiger partial charge in [-0.3, -0.25) is 4.18 Å². The zero-order chi connectivity index (χ0) is 9.41. The molecule has 0 aromatic heterocycles. The molecular formula is C8H16O3S. The van der Waals surface area contributed by atoms with Crippen LogP contribution in [0.4, 0.5) is 0 Å². The highest BCUT2D eigenvalue weighted by Gasteiger charge is 2.37. The molecule has 0 bridgehead atoms. The van der Waals surface area contributed by atoms with Crippen LogP contribution in [0.1, 0.15) is 33.1 Å². The fourth-order valence-electron chi connectivity index (χ4n) is 1.68. The van der Waals surface area contributed by atoms with Gasteiger partial charge in [0.15, 0.2) is 0 Å². The van der Waals surface area contributed by atoms with Gasteiger partial charge < -0.3 is 0 Å². The lowest BCUT2D eigenvalue weighted by Gasteiger charge is -2.25. The van der Waals surface area contributed by atoms with Crippen LogP contribution in [-0.4, -0.2) is 20.8 Å². The first-order chi connectivity index (χ1) is 5.31. The van der Waals surface area contributed by atoms with Crippen LogP contribution in [0.2, 0.25) is 0 Å². The average Bonchev–Trinajstić information content (AvgIpc) is 2.07. The summed E-state index contributed by atoms with van der Waals surface area (Å²) in [7, 11) is -3.28. The molecule has 0 aliphatic heterocycles. The van der Waals surface area contributed by atoms with Crippen LogP contribution in [0.3, 0.4) is 0 Å². The first kappa shape index (κ1) is 9.99. The van der Waals surface area contributed by atoms with E-state index in [1.54, 1.807) is 0 Å². The van der Waals surface area contributed by atoms with Crippen molar-refractivity contribution in [3.8, 4) is 0 Å². The first-order valence-corrected chi connectivity index (χ1v) is 6.01. The smallest absolute Gasteiger partial charge is 0.264 e. The molecule has 12 heavy (non-hydrogen) atoms. The van der Waals surface area contributed by atoms with Crippen molar-refractivity contribution in [1.82, 2.24) is 0 Å². The van der Waals surface area contributed by atoms with Crippen LogP contribution in [0.15, 0.2) is 0 Å². The van der Waals surface area contributed by atoms with Crippen molar-refractivity contribution in [3.05, 3.63) is 0 Å². The highest BCUT2D eigenvalue weighted by Crippen LogP contribution is 2.39. The summed E-state index contributed by atoms with van der Waals surface area (Å²) in [5, 5.41) is 0. The Morgan fingerprint density at radius 1 is 1.42 bits per heavy atom. The zero-order valence-electron chi connectivity index (χ0n) is 7.83. The Bertz CT molecular complexity index is 253. The van der Waals surface area contributed by atoms with E-state index in [9.17, 15) is 8.42 Å². The lowest BCUT2D eigenvalue weighted by Crippen LogP contribution is -2.28. The third kappa shape index (κ3) is 2.45. The van der Waals surface area contributed by atoms with Gasteiger partial charge in [0, 0.05) is 0 Å². The van der Waals surface area contributed by atoms with E-state index in [-0.39, 0.29) is 11.5 Å². The van der Waals surface area contributed by atoms with Crippen molar-refractivity contribution >= 4 is 10.1 Å². The summed E-state index contributed by atoms with van der Waals surface area (Å²) in [6, 6.07) is 0. The van der Waals surface area contributed by atoms with Crippen LogP contribution in [0.25, 0.3) is 0 Å². The summed E-state index contributed by atoms with van der Waals surface area (Å²) in [6.07, 6.45) is 3.97. The molecule has 1 atom stereocenters. The van der Waals surface area contributed by atoms with Gasteiger partial charge in [-0.05, 0) is 18.3 Å². The minimum Gasteiger partial charge on any atom is -0.266 e. The minimum absolute atomic E-state index is 0.0169. The van der Waals surface area contributed by atoms with E-state index in [4.69, 9.17) is 4.18 Å². The van der Waals surface area contributed by atoms with Gasteiger partial charge in [0.25, 0.3) is 10.1 Å². The molecule has 0 aromatic rings. The maximum atomic E-state index is 10.9. The molecule has 4 heteroatoms. The molecule has 1 saturated carbocycles. The van der Waals surface area contributed by atoms with Crippen LogP contribution in [0.5, 0.6) is 0 Å². The molecule has 0 N–H and O–H groups in total. The van der Waals surface area contributed by atoms with Gasteiger partial charge in [-0.2, -0.15) is 8.42 Å². The first-order valence-electron chi connectivity index (χ1n) is 4.19. The predicted molar refractivity (Wildman–Crippen MR) is 47.3 cm³/mol. The molecule has 0 spiro atoms. The maximum Gasteiger partial charge on any atom is 0.264 e. The van der Waals surface area contributed by atoms with Gasteiger partial charge in [0.1, 0.15) is 0 Å². The van der Waals surface area contributed by atoms with Gasteiger partial charge in [-0.25, -0.2) is 0 Å². The molecule has 0 aromatic carbocycles. The Labute approximate surface area is 74.2 Å². The third-order valence-electron chi connectivity index (χ3n) is 2.45. The highest BCUT2D eigenvalue weighted by molar-refractivity contribution is 7.86. The lowest BCUT2D eigenvalue weighted by molar-refractivity contribution is 0.111. The predicted octanol–water partition coefficient (Wildman–Crippen LogP) is 1.54. The van der Waals surface area contributed by atoms with E-state index in [1.807, 2.05) is 0 Å². The molecule has 1 unspecified atom stereocenters. The molecule has 0 radical (unpaired) electrons. The molecule has 1 aliphatic rings. The van der Waals surface area contributed by atoms with Crippen molar-refractivity contribution < 1.29 is 12.6 Å². The van der Waals surface area contributed by atoms with E-state index in [1.165, 1.54) is 0 Å². The van der Waals surface area contributed by atoms with E-state index in [2.05, 4.69) is 13.8 Å². The zero-order valence-corrected chi connectivity index (χ0v) is 8.65. The Kier molecular flexibility index (Phi) is 2.50. The van der Waals surface area contributed by atoms with Crippen LogP contribution < -0.4 is 0 Å². The molecule has 0 saturated heterocycles. The molecule has 0 heterocycles. The number of hydrogen-bond acceptors (Lipinski definition) is 3. The molecular weight excluding hydrogens is 176 g/mol. The second kappa shape index (κ2) is 3.00. The van der Waals surface area contributed by atoms with Gasteiger partial charge in [-0.15, -0.1) is 0 Å². The SMILES string of the molecule is CC1(C)CCCC1OS(C)(=O)=O. The fourth-order valence-corrected chi connectivity index (χ4v) is 2.46. The van der Waals surface area contributed by atoms with E-state index in [0.717, 1.165) is 25.5 Å². The lowest BCUT2D eigenvalue weighted by atomic mass is 9.90. The number of hydrogen-bond donors (Lipinski definition) is 0. The quantitative estimate of drug-likeness (QED) is 0.623. The second-order valence-electron chi connectivity index (χ2n) is 4.17. The standard InChI is InChI=1S/C8H16O3S/c1-8(2)6-4-5-7(8)11-12(3,9)10/h7H,4-6H2,1-3H3. The summed E-state index contributed by atoms with van der Waals surface area (Å²) in [5.74, 6) is 0. The van der Waals surface area contributed by atoms with Gasteiger partial charge in [0.05, 0.1) is 12.4 Å². The van der Waals surface area contributed by atoms with E-state index >= 15 is 0 Å². The molecule has 1 rings (SSSR count). The second-order valence-corrected chi connectivity index (χ2v) is 5.77. The summed E-state index contributed by atoms with van der Waals surface area (Å²) in [4.78, 5) is 0. The molecule has 1 aliphatic carbocycles. The summed E-state index contributed by atoms with van der Waals surface area (Å²) < 4.78 is 26.7. The largest absolute Gasteiger partial charge is 0.266 e. The Hall–Kier alpha value is -0.0900. The van der Waals surface area contributed by atoms with Gasteiger partial charge in [0.2, 0.25) is 0 Å². The van der Waals surface area contributed by atoms with Crippen LogP contribution >= 0.6 is 0 Å². The van der Waals surface area contributed by atoms with Crippen molar-refractivity contribution in [2.75, 3.05) is 6.26 Å². The van der Waals surface area contributed by atoms with Crippen LogP contribution in [-0.2, 0) is 14.3 Å². The van der Waals surface area contributed by atoms with E-state index < -0.39 is 10.1 Å². The minimum atomic E-state index is -3.28. The topological polar surface area (TPSA) is 43.4 Å². The molecule has 72 valence electrons. The normalized spacial score (nSPS) is 29.1. The summed E-state index contributed by atoms with van der Waals surface area (Å²) >= 11 is 0.